The summed E-state index contributed by atoms with van der Waals surface area (Å²) in [6.45, 7) is 2.73. The summed E-state index contributed by atoms with van der Waals surface area (Å²) in [6.07, 6.45) is 4.17. The van der Waals surface area contributed by atoms with E-state index < -0.39 is 0 Å². The van der Waals surface area contributed by atoms with Crippen molar-refractivity contribution in [1.82, 2.24) is 4.98 Å². The summed E-state index contributed by atoms with van der Waals surface area (Å²) in [6, 6.07) is 8.00. The summed E-state index contributed by atoms with van der Waals surface area (Å²) in [7, 11) is 0. The van der Waals surface area contributed by atoms with Crippen LogP contribution in [-0.2, 0) is 12.8 Å². The second-order valence-corrected chi connectivity index (χ2v) is 5.86. The number of thiazole rings is 1. The van der Waals surface area contributed by atoms with Crippen molar-refractivity contribution in [3.8, 4) is 0 Å². The Bertz CT molecular complexity index is 577. The fraction of sp³-hybridized carbons (Fsp3) is 0.375. The Morgan fingerprint density at radius 2 is 2.05 bits per heavy atom. The minimum Gasteiger partial charge on any atom is -0.330 e. The zero-order valence-electron chi connectivity index (χ0n) is 12.3. The third kappa shape index (κ3) is 4.65. The third-order valence-electron chi connectivity index (χ3n) is 3.17. The van der Waals surface area contributed by atoms with Crippen molar-refractivity contribution in [2.24, 2.45) is 5.73 Å². The van der Waals surface area contributed by atoms with Crippen molar-refractivity contribution in [2.45, 2.75) is 32.6 Å². The van der Waals surface area contributed by atoms with E-state index in [4.69, 9.17) is 5.73 Å². The molecule has 0 fully saturated rings. The standard InChI is InChI=1S/C16H21N3OS/c1-2-3-4-12-5-7-13(8-6-12)18-16(20)14-11-21-15(19-14)9-10-17/h5-8,11H,2-4,9-10,17H2,1H3,(H,18,20). The van der Waals surface area contributed by atoms with Crippen LogP contribution in [0.1, 0.15) is 40.8 Å². The van der Waals surface area contributed by atoms with Gasteiger partial charge in [-0.1, -0.05) is 25.5 Å². The molecule has 112 valence electrons. The molecule has 2 rings (SSSR count). The predicted molar refractivity (Wildman–Crippen MR) is 87.9 cm³/mol. The molecule has 0 unspecified atom stereocenters. The molecule has 0 bridgehead atoms. The average Bonchev–Trinajstić information content (AvgIpc) is 2.96. The number of carbonyl (C=O) groups is 1. The maximum Gasteiger partial charge on any atom is 0.275 e. The van der Waals surface area contributed by atoms with E-state index in [9.17, 15) is 4.79 Å². The number of nitrogens with zero attached hydrogens (tertiary/aromatic N) is 1. The molecule has 0 atom stereocenters. The quantitative estimate of drug-likeness (QED) is 0.825. The van der Waals surface area contributed by atoms with E-state index in [1.165, 1.54) is 29.7 Å². The predicted octanol–water partition coefficient (Wildman–Crippen LogP) is 3.24. The maximum absolute atomic E-state index is 12.1. The Hall–Kier alpha value is -1.72. The highest BCUT2D eigenvalue weighted by molar-refractivity contribution is 7.09. The van der Waals surface area contributed by atoms with Gasteiger partial charge in [0.15, 0.2) is 0 Å². The highest BCUT2D eigenvalue weighted by Crippen LogP contribution is 2.15. The first-order valence-corrected chi connectivity index (χ1v) is 8.15. The van der Waals surface area contributed by atoms with Crippen molar-refractivity contribution < 1.29 is 4.79 Å². The lowest BCUT2D eigenvalue weighted by Crippen LogP contribution is -2.12. The molecule has 0 saturated heterocycles. The van der Waals surface area contributed by atoms with Gasteiger partial charge >= 0.3 is 0 Å². The number of nitrogens with two attached hydrogens (primary N) is 1. The molecule has 21 heavy (non-hydrogen) atoms. The normalized spacial score (nSPS) is 10.6. The molecule has 1 amide bonds. The van der Waals surface area contributed by atoms with Crippen molar-refractivity contribution in [2.75, 3.05) is 11.9 Å². The maximum atomic E-state index is 12.1. The van der Waals surface area contributed by atoms with Crippen LogP contribution in [0.15, 0.2) is 29.6 Å². The van der Waals surface area contributed by atoms with Crippen LogP contribution in [0.4, 0.5) is 5.69 Å². The number of nitrogens with one attached hydrogen (secondary N) is 1. The Balaban J connectivity index is 1.95. The van der Waals surface area contributed by atoms with E-state index in [0.717, 1.165) is 17.1 Å². The topological polar surface area (TPSA) is 68.0 Å². The Labute approximate surface area is 129 Å². The second kappa shape index (κ2) is 7.90. The zero-order chi connectivity index (χ0) is 15.1. The first-order chi connectivity index (χ1) is 10.2. The van der Waals surface area contributed by atoms with Gasteiger partial charge in [-0.25, -0.2) is 4.98 Å². The highest BCUT2D eigenvalue weighted by atomic mass is 32.1. The molecule has 0 aliphatic heterocycles. The van der Waals surface area contributed by atoms with E-state index in [2.05, 4.69) is 29.4 Å². The molecule has 4 nitrogen and oxygen atoms in total. The number of hydrogen-bond donors (Lipinski definition) is 2. The molecule has 1 heterocycles. The molecule has 1 aromatic heterocycles. The average molecular weight is 303 g/mol. The minimum atomic E-state index is -0.171. The van der Waals surface area contributed by atoms with Crippen LogP contribution in [0.3, 0.4) is 0 Å². The number of aromatic nitrogens is 1. The summed E-state index contributed by atoms with van der Waals surface area (Å²) < 4.78 is 0. The van der Waals surface area contributed by atoms with Gasteiger partial charge in [0, 0.05) is 17.5 Å². The van der Waals surface area contributed by atoms with Gasteiger partial charge in [-0.2, -0.15) is 0 Å². The monoisotopic (exact) mass is 303 g/mol. The third-order valence-corrected chi connectivity index (χ3v) is 4.08. The van der Waals surface area contributed by atoms with Crippen molar-refractivity contribution in [1.29, 1.82) is 0 Å². The van der Waals surface area contributed by atoms with Gasteiger partial charge in [-0.3, -0.25) is 4.79 Å². The van der Waals surface area contributed by atoms with Crippen molar-refractivity contribution in [3.05, 3.63) is 45.9 Å². The van der Waals surface area contributed by atoms with Crippen LogP contribution in [0, 0.1) is 0 Å². The molecule has 0 aliphatic carbocycles. The molecule has 3 N–H and O–H groups in total. The fourth-order valence-corrected chi connectivity index (χ4v) is 2.78. The smallest absolute Gasteiger partial charge is 0.275 e. The van der Waals surface area contributed by atoms with E-state index in [1.54, 1.807) is 5.38 Å². The summed E-state index contributed by atoms with van der Waals surface area (Å²) >= 11 is 1.47. The molecule has 0 aliphatic rings. The fourth-order valence-electron chi connectivity index (χ4n) is 1.98. The van der Waals surface area contributed by atoms with E-state index in [1.807, 2.05) is 12.1 Å². The van der Waals surface area contributed by atoms with Crippen LogP contribution >= 0.6 is 11.3 Å². The number of hydrogen-bond acceptors (Lipinski definition) is 4. The van der Waals surface area contributed by atoms with E-state index in [-0.39, 0.29) is 5.91 Å². The Morgan fingerprint density at radius 3 is 2.71 bits per heavy atom. The van der Waals surface area contributed by atoms with Gasteiger partial charge in [0.1, 0.15) is 5.69 Å². The first kappa shape index (κ1) is 15.7. The van der Waals surface area contributed by atoms with Crippen LogP contribution < -0.4 is 11.1 Å². The van der Waals surface area contributed by atoms with E-state index >= 15 is 0 Å². The van der Waals surface area contributed by atoms with Crippen LogP contribution in [0.2, 0.25) is 0 Å². The Morgan fingerprint density at radius 1 is 1.29 bits per heavy atom. The summed E-state index contributed by atoms with van der Waals surface area (Å²) in [5.74, 6) is -0.171. The summed E-state index contributed by atoms with van der Waals surface area (Å²) in [4.78, 5) is 16.4. The summed E-state index contributed by atoms with van der Waals surface area (Å²) in [5, 5.41) is 5.55. The van der Waals surface area contributed by atoms with Gasteiger partial charge in [0.2, 0.25) is 0 Å². The number of benzene rings is 1. The number of unbranched alkanes of at least 4 members (excludes halogenated alkanes) is 1. The van der Waals surface area contributed by atoms with Crippen LogP contribution in [-0.4, -0.2) is 17.4 Å². The van der Waals surface area contributed by atoms with Gasteiger partial charge in [0.25, 0.3) is 5.91 Å². The molecular formula is C16H21N3OS. The summed E-state index contributed by atoms with van der Waals surface area (Å²) in [5.41, 5.74) is 8.04. The number of rotatable bonds is 7. The lowest BCUT2D eigenvalue weighted by molar-refractivity contribution is 0.102. The molecule has 5 heteroatoms. The van der Waals surface area contributed by atoms with Gasteiger partial charge in [0.05, 0.1) is 5.01 Å². The minimum absolute atomic E-state index is 0.171. The number of aryl methyl sites for hydroxylation is 1. The molecular weight excluding hydrogens is 282 g/mol. The molecule has 1 aromatic carbocycles. The largest absolute Gasteiger partial charge is 0.330 e. The molecule has 0 spiro atoms. The number of amides is 1. The zero-order valence-corrected chi connectivity index (χ0v) is 13.1. The Kier molecular flexibility index (Phi) is 5.90. The SMILES string of the molecule is CCCCc1ccc(NC(=O)c2csc(CCN)n2)cc1. The van der Waals surface area contributed by atoms with Crippen LogP contribution in [0.5, 0.6) is 0 Å². The molecule has 2 aromatic rings. The number of anilines is 1. The van der Waals surface area contributed by atoms with Crippen molar-refractivity contribution in [3.63, 3.8) is 0 Å². The highest BCUT2D eigenvalue weighted by Gasteiger charge is 2.10. The van der Waals surface area contributed by atoms with Crippen LogP contribution in [0.25, 0.3) is 0 Å². The second-order valence-electron chi connectivity index (χ2n) is 4.92. The first-order valence-electron chi connectivity index (χ1n) is 7.27. The molecule has 0 radical (unpaired) electrons. The van der Waals surface area contributed by atoms with Gasteiger partial charge < -0.3 is 11.1 Å². The number of carbonyl (C=O) groups excluding carboxylic acids is 1. The molecule has 0 saturated carbocycles. The van der Waals surface area contributed by atoms with Gasteiger partial charge in [-0.15, -0.1) is 11.3 Å². The lowest BCUT2D eigenvalue weighted by atomic mass is 10.1. The van der Waals surface area contributed by atoms with E-state index in [0.29, 0.717) is 18.7 Å². The van der Waals surface area contributed by atoms with Crippen molar-refractivity contribution >= 4 is 22.9 Å². The van der Waals surface area contributed by atoms with Gasteiger partial charge in [-0.05, 0) is 37.1 Å². The lowest BCUT2D eigenvalue weighted by Gasteiger charge is -2.05.